The summed E-state index contributed by atoms with van der Waals surface area (Å²) in [6, 6.07) is 6.73. The number of amides is 2. The molecular weight excluding hydrogens is 474 g/mol. The van der Waals surface area contributed by atoms with Gasteiger partial charge in [-0.25, -0.2) is 9.50 Å². The first kappa shape index (κ1) is 24.2. The van der Waals surface area contributed by atoms with Crippen molar-refractivity contribution in [2.75, 3.05) is 19.0 Å². The minimum absolute atomic E-state index is 0.0768. The van der Waals surface area contributed by atoms with Gasteiger partial charge in [-0.3, -0.25) is 14.3 Å². The molecule has 4 aromatic rings. The van der Waals surface area contributed by atoms with Crippen LogP contribution in [0.2, 0.25) is 5.02 Å². The zero-order valence-electron chi connectivity index (χ0n) is 19.3. The van der Waals surface area contributed by atoms with Crippen molar-refractivity contribution in [3.05, 3.63) is 59.6 Å². The highest BCUT2D eigenvalue weighted by molar-refractivity contribution is 6.31. The number of carbonyl (C=O) groups excluding carboxylic acids is 2. The van der Waals surface area contributed by atoms with Gasteiger partial charge in [0.1, 0.15) is 23.6 Å². The third-order valence-electron chi connectivity index (χ3n) is 4.97. The zero-order valence-corrected chi connectivity index (χ0v) is 20.1. The first-order valence-electron chi connectivity index (χ1n) is 10.6. The van der Waals surface area contributed by atoms with E-state index in [1.165, 1.54) is 28.7 Å². The molecule has 12 heteroatoms. The van der Waals surface area contributed by atoms with E-state index in [2.05, 4.69) is 25.8 Å². The maximum atomic E-state index is 13.1. The molecule has 0 aliphatic heterocycles. The third-order valence-corrected chi connectivity index (χ3v) is 5.21. The van der Waals surface area contributed by atoms with Crippen LogP contribution in [-0.4, -0.2) is 60.6 Å². The first-order valence-corrected chi connectivity index (χ1v) is 11.0. The summed E-state index contributed by atoms with van der Waals surface area (Å²) in [4.78, 5) is 29.8. The fourth-order valence-corrected chi connectivity index (χ4v) is 3.53. The van der Waals surface area contributed by atoms with Crippen molar-refractivity contribution in [2.24, 2.45) is 0 Å². The summed E-state index contributed by atoms with van der Waals surface area (Å²) in [6.07, 6.45) is 6.22. The number of hydrogen-bond donors (Lipinski definition) is 3. The number of aromatic nitrogens is 5. The second-order valence-electron chi connectivity index (χ2n) is 8.42. The summed E-state index contributed by atoms with van der Waals surface area (Å²) in [5.74, 6) is -0.324. The van der Waals surface area contributed by atoms with E-state index in [1.807, 2.05) is 0 Å². The van der Waals surface area contributed by atoms with Crippen LogP contribution in [0.4, 0.5) is 5.69 Å². The van der Waals surface area contributed by atoms with E-state index in [0.717, 1.165) is 0 Å². The molecule has 0 atom stereocenters. The van der Waals surface area contributed by atoms with Crippen LogP contribution in [0.15, 0.2) is 49.1 Å². The van der Waals surface area contributed by atoms with Crippen LogP contribution in [0.3, 0.4) is 0 Å². The van der Waals surface area contributed by atoms with Crippen LogP contribution in [0, 0.1) is 0 Å². The lowest BCUT2D eigenvalue weighted by atomic mass is 10.1. The van der Waals surface area contributed by atoms with Gasteiger partial charge < -0.3 is 20.5 Å². The van der Waals surface area contributed by atoms with E-state index in [9.17, 15) is 14.7 Å². The zero-order chi connectivity index (χ0) is 25.2. The van der Waals surface area contributed by atoms with Crippen LogP contribution in [0.1, 0.15) is 24.2 Å². The van der Waals surface area contributed by atoms with Crippen LogP contribution in [0.5, 0.6) is 5.75 Å². The van der Waals surface area contributed by atoms with Crippen molar-refractivity contribution >= 4 is 34.7 Å². The molecule has 182 valence electrons. The summed E-state index contributed by atoms with van der Waals surface area (Å²) in [7, 11) is 1.51. The third kappa shape index (κ3) is 5.58. The molecule has 35 heavy (non-hydrogen) atoms. The summed E-state index contributed by atoms with van der Waals surface area (Å²) in [5.41, 5.74) is 0.832. The van der Waals surface area contributed by atoms with Crippen LogP contribution >= 0.6 is 11.6 Å². The van der Waals surface area contributed by atoms with E-state index in [-0.39, 0.29) is 24.6 Å². The van der Waals surface area contributed by atoms with Gasteiger partial charge in [0.2, 0.25) is 5.91 Å². The Kier molecular flexibility index (Phi) is 6.72. The predicted molar refractivity (Wildman–Crippen MR) is 129 cm³/mol. The number of nitrogens with zero attached hydrogens (tertiary/aromatic N) is 5. The van der Waals surface area contributed by atoms with Crippen molar-refractivity contribution in [2.45, 2.75) is 26.0 Å². The van der Waals surface area contributed by atoms with Crippen LogP contribution in [-0.2, 0) is 11.3 Å². The van der Waals surface area contributed by atoms with Gasteiger partial charge in [-0.05, 0) is 38.1 Å². The lowest BCUT2D eigenvalue weighted by molar-refractivity contribution is -0.122. The highest BCUT2D eigenvalue weighted by Gasteiger charge is 2.22. The molecule has 1 aromatic carbocycles. The molecule has 3 aromatic heterocycles. The number of fused-ring (bicyclic) bond motifs is 1. The van der Waals surface area contributed by atoms with Crippen LogP contribution < -0.4 is 15.4 Å². The monoisotopic (exact) mass is 497 g/mol. The smallest absolute Gasteiger partial charge is 0.261 e. The number of rotatable bonds is 8. The summed E-state index contributed by atoms with van der Waals surface area (Å²) >= 11 is 6.22. The SMILES string of the molecule is COc1ccc(Cl)cc1-c1nn(CC(=O)NCC(C)(C)O)cc1NC(=O)c1cnn2cccnc12. The predicted octanol–water partition coefficient (Wildman–Crippen LogP) is 2.39. The highest BCUT2D eigenvalue weighted by Crippen LogP contribution is 2.36. The second-order valence-corrected chi connectivity index (χ2v) is 8.86. The van der Waals surface area contributed by atoms with E-state index in [4.69, 9.17) is 16.3 Å². The van der Waals surface area contributed by atoms with Crippen molar-refractivity contribution in [3.8, 4) is 17.0 Å². The second kappa shape index (κ2) is 9.72. The summed E-state index contributed by atoms with van der Waals surface area (Å²) in [5, 5.41) is 24.5. The molecule has 0 aliphatic carbocycles. The van der Waals surface area contributed by atoms with Gasteiger partial charge >= 0.3 is 0 Å². The maximum absolute atomic E-state index is 13.1. The summed E-state index contributed by atoms with van der Waals surface area (Å²) in [6.45, 7) is 3.12. The molecule has 0 fully saturated rings. The number of hydrogen-bond acceptors (Lipinski definition) is 7. The average Bonchev–Trinajstić information content (AvgIpc) is 3.41. The first-order chi connectivity index (χ1) is 16.6. The number of methoxy groups -OCH3 is 1. The fourth-order valence-electron chi connectivity index (χ4n) is 3.35. The molecule has 3 heterocycles. The number of aliphatic hydroxyl groups is 1. The summed E-state index contributed by atoms with van der Waals surface area (Å²) < 4.78 is 8.34. The number of halogens is 1. The molecule has 4 rings (SSSR count). The Morgan fingerprint density at radius 3 is 2.83 bits per heavy atom. The Hall–Kier alpha value is -3.96. The van der Waals surface area contributed by atoms with Crippen molar-refractivity contribution < 1.29 is 19.4 Å². The minimum Gasteiger partial charge on any atom is -0.496 e. The Balaban J connectivity index is 1.68. The molecular formula is C23H24ClN7O4. The fraction of sp³-hybridized carbons (Fsp3) is 0.261. The average molecular weight is 498 g/mol. The number of anilines is 1. The molecule has 0 saturated heterocycles. The van der Waals surface area contributed by atoms with E-state index in [0.29, 0.717) is 33.4 Å². The Labute approximate surface area is 205 Å². The van der Waals surface area contributed by atoms with E-state index < -0.39 is 11.5 Å². The van der Waals surface area contributed by atoms with Crippen LogP contribution in [0.25, 0.3) is 16.9 Å². The topological polar surface area (TPSA) is 136 Å². The van der Waals surface area contributed by atoms with Gasteiger partial charge in [0.25, 0.3) is 5.91 Å². The maximum Gasteiger partial charge on any atom is 0.261 e. The van der Waals surface area contributed by atoms with Gasteiger partial charge in [0.15, 0.2) is 5.65 Å². The normalized spacial score (nSPS) is 11.5. The Bertz CT molecular complexity index is 1390. The molecule has 11 nitrogen and oxygen atoms in total. The number of nitrogens with one attached hydrogen (secondary N) is 2. The van der Waals surface area contributed by atoms with E-state index in [1.54, 1.807) is 50.5 Å². The van der Waals surface area contributed by atoms with Crippen molar-refractivity contribution in [1.82, 2.24) is 29.7 Å². The standard InChI is InChI=1S/C23H24ClN7O4/c1-23(2,34)13-26-19(32)12-30-11-17(20(29-30)15-9-14(24)5-6-18(15)35-3)28-22(33)16-10-27-31-8-4-7-25-21(16)31/h4-11,34H,12-13H2,1-3H3,(H,26,32)(H,28,33). The molecule has 2 amide bonds. The van der Waals surface area contributed by atoms with Crippen molar-refractivity contribution in [3.63, 3.8) is 0 Å². The minimum atomic E-state index is -1.05. The molecule has 0 aliphatic rings. The largest absolute Gasteiger partial charge is 0.496 e. The molecule has 0 unspecified atom stereocenters. The molecule has 0 spiro atoms. The lowest BCUT2D eigenvalue weighted by Crippen LogP contribution is -2.39. The molecule has 0 bridgehead atoms. The number of carbonyl (C=O) groups is 2. The number of ether oxygens (including phenoxy) is 1. The Morgan fingerprint density at radius 2 is 2.09 bits per heavy atom. The van der Waals surface area contributed by atoms with Gasteiger partial charge in [0.05, 0.1) is 24.6 Å². The van der Waals surface area contributed by atoms with Gasteiger partial charge in [0, 0.05) is 35.7 Å². The van der Waals surface area contributed by atoms with Gasteiger partial charge in [-0.1, -0.05) is 11.6 Å². The number of benzene rings is 1. The Morgan fingerprint density at radius 1 is 1.29 bits per heavy atom. The molecule has 0 radical (unpaired) electrons. The highest BCUT2D eigenvalue weighted by atomic mass is 35.5. The quantitative estimate of drug-likeness (QED) is 0.340. The van der Waals surface area contributed by atoms with Gasteiger partial charge in [-0.2, -0.15) is 10.2 Å². The van der Waals surface area contributed by atoms with Crippen molar-refractivity contribution in [1.29, 1.82) is 0 Å². The van der Waals surface area contributed by atoms with Gasteiger partial charge in [-0.15, -0.1) is 0 Å². The lowest BCUT2D eigenvalue weighted by Gasteiger charge is -2.17. The van der Waals surface area contributed by atoms with E-state index >= 15 is 0 Å². The molecule has 3 N–H and O–H groups in total. The molecule has 0 saturated carbocycles.